The first kappa shape index (κ1) is 22.9. The van der Waals surface area contributed by atoms with Crippen LogP contribution in [-0.4, -0.2) is 82.0 Å². The van der Waals surface area contributed by atoms with Crippen LogP contribution in [0.15, 0.2) is 0 Å². The van der Waals surface area contributed by atoms with Gasteiger partial charge in [-0.1, -0.05) is 13.8 Å². The molecule has 1 N–H and O–H groups in total. The van der Waals surface area contributed by atoms with Gasteiger partial charge >= 0.3 is 29.0 Å². The molecule has 2 rings (SSSR count). The Balaban J connectivity index is 0.000000277. The van der Waals surface area contributed by atoms with E-state index in [4.69, 9.17) is 11.6 Å². The number of nitrogens with one attached hydrogen (secondary N) is 1. The molecule has 0 spiro atoms. The van der Waals surface area contributed by atoms with Gasteiger partial charge in [-0.05, 0) is 38.3 Å². The van der Waals surface area contributed by atoms with Gasteiger partial charge < -0.3 is 15.1 Å². The Morgan fingerprint density at radius 3 is 1.93 bits per heavy atom. The summed E-state index contributed by atoms with van der Waals surface area (Å²) < 4.78 is 0. The number of likely N-dealkylation sites (N-methyl/N-ethyl adjacent to an activating group) is 2. The van der Waals surface area contributed by atoms with Crippen LogP contribution in [0.3, 0.4) is 0 Å². The highest BCUT2D eigenvalue weighted by Crippen LogP contribution is 2.16. The fourth-order valence-corrected chi connectivity index (χ4v) is 3.13. The number of carbonyl (C=O) groups is 5. The van der Waals surface area contributed by atoms with Crippen molar-refractivity contribution < 1.29 is 24.0 Å². The molecule has 2 aliphatic rings. The van der Waals surface area contributed by atoms with Crippen LogP contribution in [0.2, 0.25) is 0 Å². The van der Waals surface area contributed by atoms with Crippen LogP contribution in [0.5, 0.6) is 0 Å². The summed E-state index contributed by atoms with van der Waals surface area (Å²) in [5.74, 6) is -2.34. The van der Waals surface area contributed by atoms with Crippen molar-refractivity contribution in [1.82, 2.24) is 20.0 Å². The summed E-state index contributed by atoms with van der Waals surface area (Å²) in [5, 5.41) is 1.77. The van der Waals surface area contributed by atoms with Gasteiger partial charge in [-0.3, -0.25) is 28.9 Å². The van der Waals surface area contributed by atoms with Crippen molar-refractivity contribution in [3.63, 3.8) is 0 Å². The van der Waals surface area contributed by atoms with E-state index in [9.17, 15) is 24.0 Å². The Morgan fingerprint density at radius 2 is 1.48 bits per heavy atom. The molecule has 152 valence electrons. The lowest BCUT2D eigenvalue weighted by molar-refractivity contribution is -0.155. The normalized spacial score (nSPS) is 23.1. The monoisotopic (exact) mass is 402 g/mol. The first-order chi connectivity index (χ1) is 12.7. The number of nitrogens with zero attached hydrogens (tertiary/aromatic N) is 3. The molecule has 0 aromatic heterocycles. The maximum atomic E-state index is 11.5. The summed E-state index contributed by atoms with van der Waals surface area (Å²) in [4.78, 5) is 60.0. The average molecular weight is 403 g/mol. The second-order valence-electron chi connectivity index (χ2n) is 6.26. The number of halogens is 1. The number of hydrogen-bond donors (Lipinski definition) is 1. The SMILES string of the molecule is CC[C@H]1CN(CC)C(=O)C(=O)N1.CC[C@H]1CN(CC)C(=O)C(=O)N1C(=O)Cl. The first-order valence-corrected chi connectivity index (χ1v) is 9.51. The van der Waals surface area contributed by atoms with E-state index in [0.717, 1.165) is 11.3 Å². The van der Waals surface area contributed by atoms with E-state index < -0.39 is 29.0 Å². The maximum Gasteiger partial charge on any atom is 0.323 e. The highest BCUT2D eigenvalue weighted by Gasteiger charge is 2.40. The Hall–Kier alpha value is -2.16. The standard InChI is InChI=1S/C9H13ClN2O3.C8H14N2O2/c1-3-6-5-11(4-2)7(13)8(14)12(6)9(10)15;1-3-6-5-10(4-2)8(12)7(11)9-6/h6H,3-5H2,1-2H3;6H,3-5H2,1-2H3,(H,9,11)/t2*6-/m00/s1. The minimum atomic E-state index is -0.879. The number of amides is 5. The average Bonchev–Trinajstić information content (AvgIpc) is 2.65. The van der Waals surface area contributed by atoms with E-state index in [0.29, 0.717) is 32.6 Å². The second-order valence-corrected chi connectivity index (χ2v) is 6.58. The van der Waals surface area contributed by atoms with Gasteiger partial charge in [0.1, 0.15) is 0 Å². The van der Waals surface area contributed by atoms with Gasteiger partial charge in [0.25, 0.3) is 0 Å². The van der Waals surface area contributed by atoms with Gasteiger partial charge in [-0.2, -0.15) is 0 Å². The van der Waals surface area contributed by atoms with Crippen LogP contribution < -0.4 is 5.32 Å². The van der Waals surface area contributed by atoms with Crippen LogP contribution >= 0.6 is 11.6 Å². The summed E-state index contributed by atoms with van der Waals surface area (Å²) in [6.45, 7) is 9.60. The molecule has 10 heteroatoms. The summed E-state index contributed by atoms with van der Waals surface area (Å²) in [6, 6.07) is -0.171. The van der Waals surface area contributed by atoms with Gasteiger partial charge in [0.2, 0.25) is 0 Å². The molecule has 0 radical (unpaired) electrons. The molecule has 0 aromatic carbocycles. The minimum Gasteiger partial charge on any atom is -0.343 e. The third-order valence-corrected chi connectivity index (χ3v) is 4.84. The second kappa shape index (κ2) is 10.2. The molecule has 0 saturated carbocycles. The van der Waals surface area contributed by atoms with Crippen LogP contribution in [0.25, 0.3) is 0 Å². The zero-order valence-electron chi connectivity index (χ0n) is 16.2. The van der Waals surface area contributed by atoms with Crippen molar-refractivity contribution in [3.05, 3.63) is 0 Å². The predicted molar refractivity (Wildman–Crippen MR) is 98.9 cm³/mol. The van der Waals surface area contributed by atoms with E-state index in [1.807, 2.05) is 20.8 Å². The minimum absolute atomic E-state index is 0.134. The smallest absolute Gasteiger partial charge is 0.323 e. The van der Waals surface area contributed by atoms with E-state index in [2.05, 4.69) is 5.32 Å². The highest BCUT2D eigenvalue weighted by molar-refractivity contribution is 6.65. The molecule has 0 bridgehead atoms. The van der Waals surface area contributed by atoms with Crippen LogP contribution in [0, 0.1) is 0 Å². The van der Waals surface area contributed by atoms with Gasteiger partial charge in [0.15, 0.2) is 0 Å². The van der Waals surface area contributed by atoms with Crippen LogP contribution in [-0.2, 0) is 19.2 Å². The van der Waals surface area contributed by atoms with Crippen molar-refractivity contribution >= 4 is 40.6 Å². The Bertz CT molecular complexity index is 612. The summed E-state index contributed by atoms with van der Waals surface area (Å²) in [6.07, 6.45) is 1.46. The number of piperazine rings is 2. The Labute approximate surface area is 164 Å². The van der Waals surface area contributed by atoms with E-state index >= 15 is 0 Å². The fraction of sp³-hybridized carbons (Fsp3) is 0.706. The van der Waals surface area contributed by atoms with Gasteiger partial charge in [-0.15, -0.1) is 0 Å². The quantitative estimate of drug-likeness (QED) is 0.420. The fourth-order valence-electron chi connectivity index (χ4n) is 2.92. The summed E-state index contributed by atoms with van der Waals surface area (Å²) >= 11 is 5.28. The van der Waals surface area contributed by atoms with Crippen molar-refractivity contribution in [2.24, 2.45) is 0 Å². The molecule has 2 aliphatic heterocycles. The van der Waals surface area contributed by atoms with Gasteiger partial charge in [-0.25, -0.2) is 0 Å². The molecular weight excluding hydrogens is 376 g/mol. The molecule has 2 fully saturated rings. The molecule has 2 saturated heterocycles. The van der Waals surface area contributed by atoms with Crippen molar-refractivity contribution in [3.8, 4) is 0 Å². The molecule has 2 heterocycles. The number of carbonyl (C=O) groups excluding carboxylic acids is 5. The van der Waals surface area contributed by atoms with Crippen LogP contribution in [0.1, 0.15) is 40.5 Å². The first-order valence-electron chi connectivity index (χ1n) is 9.13. The molecule has 0 aromatic rings. The molecular formula is C17H27ClN4O5. The topological polar surface area (TPSA) is 107 Å². The third-order valence-electron chi connectivity index (χ3n) is 4.66. The molecule has 0 unspecified atom stereocenters. The Morgan fingerprint density at radius 1 is 0.926 bits per heavy atom. The molecule has 5 amide bonds. The predicted octanol–water partition coefficient (Wildman–Crippen LogP) is 0.558. The van der Waals surface area contributed by atoms with E-state index in [1.54, 1.807) is 11.8 Å². The molecule has 0 aliphatic carbocycles. The lowest BCUT2D eigenvalue weighted by atomic mass is 10.1. The van der Waals surface area contributed by atoms with Gasteiger partial charge in [0, 0.05) is 32.2 Å². The van der Waals surface area contributed by atoms with Crippen molar-refractivity contribution in [2.75, 3.05) is 26.2 Å². The van der Waals surface area contributed by atoms with E-state index in [-0.39, 0.29) is 12.1 Å². The van der Waals surface area contributed by atoms with Crippen molar-refractivity contribution in [2.45, 2.75) is 52.6 Å². The van der Waals surface area contributed by atoms with Crippen LogP contribution in [0.4, 0.5) is 4.79 Å². The Kier molecular flexibility index (Phi) is 8.68. The summed E-state index contributed by atoms with van der Waals surface area (Å²) in [7, 11) is 0. The largest absolute Gasteiger partial charge is 0.343 e. The highest BCUT2D eigenvalue weighted by atomic mass is 35.5. The molecule has 2 atom stereocenters. The number of hydrogen-bond acceptors (Lipinski definition) is 5. The number of imide groups is 1. The van der Waals surface area contributed by atoms with Gasteiger partial charge in [0.05, 0.1) is 6.04 Å². The zero-order valence-corrected chi connectivity index (χ0v) is 16.9. The van der Waals surface area contributed by atoms with E-state index in [1.165, 1.54) is 4.90 Å². The lowest BCUT2D eigenvalue weighted by Gasteiger charge is -2.37. The third kappa shape index (κ3) is 5.41. The lowest BCUT2D eigenvalue weighted by Crippen LogP contribution is -2.59. The molecule has 27 heavy (non-hydrogen) atoms. The maximum absolute atomic E-state index is 11.5. The zero-order chi connectivity index (χ0) is 20.7. The molecule has 9 nitrogen and oxygen atoms in total. The number of rotatable bonds is 4. The van der Waals surface area contributed by atoms with Crippen molar-refractivity contribution in [1.29, 1.82) is 0 Å². The summed E-state index contributed by atoms with van der Waals surface area (Å²) in [5.41, 5.74) is 0.